The largest absolute Gasteiger partial charge is 0.497 e. The second-order valence-corrected chi connectivity index (χ2v) is 8.79. The molecule has 0 amide bonds. The van der Waals surface area contributed by atoms with Gasteiger partial charge in [-0.05, 0) is 55.4 Å². The van der Waals surface area contributed by atoms with Gasteiger partial charge in [-0.2, -0.15) is 0 Å². The fraction of sp³-hybridized carbons (Fsp3) is 0.522. The van der Waals surface area contributed by atoms with E-state index in [2.05, 4.69) is 44.7 Å². The fourth-order valence-electron chi connectivity index (χ4n) is 3.90. The summed E-state index contributed by atoms with van der Waals surface area (Å²) in [5.74, 6) is 3.22. The van der Waals surface area contributed by atoms with E-state index in [0.717, 1.165) is 36.1 Å². The predicted molar refractivity (Wildman–Crippen MR) is 140 cm³/mol. The molecule has 0 saturated carbocycles. The summed E-state index contributed by atoms with van der Waals surface area (Å²) >= 11 is 1.85. The van der Waals surface area contributed by atoms with E-state index in [1.807, 2.05) is 36.6 Å². The second-order valence-electron chi connectivity index (χ2n) is 7.76. The molecule has 172 valence electrons. The van der Waals surface area contributed by atoms with Crippen LogP contribution in [0.2, 0.25) is 0 Å². The minimum absolute atomic E-state index is 0. The van der Waals surface area contributed by atoms with Gasteiger partial charge in [-0.1, -0.05) is 6.07 Å². The molecule has 0 spiro atoms. The Morgan fingerprint density at radius 3 is 2.61 bits per heavy atom. The van der Waals surface area contributed by atoms with E-state index in [9.17, 15) is 0 Å². The highest BCUT2D eigenvalue weighted by Gasteiger charge is 2.20. The molecule has 8 heteroatoms. The number of benzene rings is 1. The van der Waals surface area contributed by atoms with Crippen molar-refractivity contribution in [3.8, 4) is 11.5 Å². The van der Waals surface area contributed by atoms with Gasteiger partial charge in [0, 0.05) is 50.2 Å². The maximum absolute atomic E-state index is 5.53. The Morgan fingerprint density at radius 1 is 1.23 bits per heavy atom. The fourth-order valence-corrected chi connectivity index (χ4v) is 4.65. The van der Waals surface area contributed by atoms with Crippen LogP contribution in [0.4, 0.5) is 0 Å². The molecule has 1 aliphatic rings. The van der Waals surface area contributed by atoms with Crippen molar-refractivity contribution in [2.24, 2.45) is 10.9 Å². The summed E-state index contributed by atoms with van der Waals surface area (Å²) in [5, 5.41) is 5.74. The number of hydrogen-bond donors (Lipinski definition) is 1. The van der Waals surface area contributed by atoms with Gasteiger partial charge in [0.15, 0.2) is 5.96 Å². The standard InChI is InChI=1S/C23H34N4O2S.HI/c1-24-23(26(2)16-19-7-8-20(28-3)14-22(19)29-4)25-15-18-9-11-27(12-10-18)17-21-6-5-13-30-21;/h5-8,13-14,18H,9-12,15-17H2,1-4H3,(H,24,25);1H. The average Bonchev–Trinajstić information content (AvgIpc) is 3.28. The lowest BCUT2D eigenvalue weighted by Crippen LogP contribution is -2.43. The first-order valence-electron chi connectivity index (χ1n) is 10.5. The quantitative estimate of drug-likeness (QED) is 0.298. The van der Waals surface area contributed by atoms with Crippen molar-refractivity contribution in [2.75, 3.05) is 47.9 Å². The number of hydrogen-bond acceptors (Lipinski definition) is 5. The first-order valence-corrected chi connectivity index (χ1v) is 11.4. The number of likely N-dealkylation sites (tertiary alicyclic amines) is 1. The van der Waals surface area contributed by atoms with Gasteiger partial charge in [0.1, 0.15) is 11.5 Å². The highest BCUT2D eigenvalue weighted by atomic mass is 127. The third-order valence-corrected chi connectivity index (χ3v) is 6.55. The lowest BCUT2D eigenvalue weighted by atomic mass is 9.97. The van der Waals surface area contributed by atoms with Crippen molar-refractivity contribution in [3.05, 3.63) is 46.2 Å². The van der Waals surface area contributed by atoms with Crippen molar-refractivity contribution < 1.29 is 9.47 Å². The molecule has 1 N–H and O–H groups in total. The summed E-state index contributed by atoms with van der Waals surface area (Å²) in [4.78, 5) is 10.6. The van der Waals surface area contributed by atoms with E-state index in [1.54, 1.807) is 14.2 Å². The smallest absolute Gasteiger partial charge is 0.193 e. The van der Waals surface area contributed by atoms with Gasteiger partial charge in [-0.3, -0.25) is 9.89 Å². The van der Waals surface area contributed by atoms with E-state index < -0.39 is 0 Å². The molecule has 2 heterocycles. The van der Waals surface area contributed by atoms with Crippen LogP contribution in [0.5, 0.6) is 11.5 Å². The molecule has 1 aromatic heterocycles. The molecule has 0 aliphatic carbocycles. The van der Waals surface area contributed by atoms with Gasteiger partial charge in [0.05, 0.1) is 14.2 Å². The van der Waals surface area contributed by atoms with Crippen LogP contribution in [-0.2, 0) is 13.1 Å². The molecule has 0 radical (unpaired) electrons. The van der Waals surface area contributed by atoms with Crippen LogP contribution in [0.3, 0.4) is 0 Å². The molecule has 0 atom stereocenters. The summed E-state index contributed by atoms with van der Waals surface area (Å²) in [6.45, 7) is 5.10. The zero-order chi connectivity index (χ0) is 21.3. The number of piperidine rings is 1. The van der Waals surface area contributed by atoms with Crippen LogP contribution in [-0.4, -0.2) is 63.7 Å². The molecular formula is C23H35IN4O2S. The maximum atomic E-state index is 5.53. The van der Waals surface area contributed by atoms with Crippen molar-refractivity contribution >= 4 is 41.3 Å². The number of aliphatic imine (C=N–C) groups is 1. The van der Waals surface area contributed by atoms with Gasteiger partial charge >= 0.3 is 0 Å². The number of halogens is 1. The third-order valence-electron chi connectivity index (χ3n) is 5.69. The third kappa shape index (κ3) is 7.54. The summed E-state index contributed by atoms with van der Waals surface area (Å²) in [6, 6.07) is 10.3. The normalized spacial score (nSPS) is 15.3. The van der Waals surface area contributed by atoms with E-state index in [4.69, 9.17) is 9.47 Å². The molecule has 6 nitrogen and oxygen atoms in total. The van der Waals surface area contributed by atoms with E-state index >= 15 is 0 Å². The minimum Gasteiger partial charge on any atom is -0.497 e. The molecule has 1 aliphatic heterocycles. The number of nitrogens with zero attached hydrogens (tertiary/aromatic N) is 3. The molecule has 1 fully saturated rings. The summed E-state index contributed by atoms with van der Waals surface area (Å²) in [5.41, 5.74) is 1.10. The van der Waals surface area contributed by atoms with Crippen LogP contribution in [0, 0.1) is 5.92 Å². The number of rotatable bonds is 8. The Morgan fingerprint density at radius 2 is 2.00 bits per heavy atom. The van der Waals surface area contributed by atoms with Gasteiger partial charge in [0.25, 0.3) is 0 Å². The maximum Gasteiger partial charge on any atom is 0.193 e. The molecule has 1 aromatic carbocycles. The molecule has 0 unspecified atom stereocenters. The van der Waals surface area contributed by atoms with E-state index in [-0.39, 0.29) is 24.0 Å². The van der Waals surface area contributed by atoms with Gasteiger partial charge in [0.2, 0.25) is 0 Å². The van der Waals surface area contributed by atoms with Crippen molar-refractivity contribution in [1.82, 2.24) is 15.1 Å². The van der Waals surface area contributed by atoms with Gasteiger partial charge in [-0.25, -0.2) is 0 Å². The predicted octanol–water partition coefficient (Wildman–Crippen LogP) is 4.30. The highest BCUT2D eigenvalue weighted by molar-refractivity contribution is 14.0. The molecule has 31 heavy (non-hydrogen) atoms. The Balaban J connectivity index is 0.00000341. The van der Waals surface area contributed by atoms with Crippen LogP contribution in [0.25, 0.3) is 0 Å². The number of methoxy groups -OCH3 is 2. The van der Waals surface area contributed by atoms with E-state index in [1.165, 1.54) is 30.8 Å². The van der Waals surface area contributed by atoms with E-state index in [0.29, 0.717) is 12.5 Å². The highest BCUT2D eigenvalue weighted by Crippen LogP contribution is 2.25. The first kappa shape index (κ1) is 25.7. The topological polar surface area (TPSA) is 49.3 Å². The number of guanidine groups is 1. The Labute approximate surface area is 207 Å². The summed E-state index contributed by atoms with van der Waals surface area (Å²) < 4.78 is 10.8. The molecule has 1 saturated heterocycles. The average molecular weight is 559 g/mol. The van der Waals surface area contributed by atoms with Gasteiger partial charge in [-0.15, -0.1) is 35.3 Å². The SMILES string of the molecule is CN=C(NCC1CCN(Cc2cccs2)CC1)N(C)Cc1ccc(OC)cc1OC.I. The molecule has 2 aromatic rings. The minimum atomic E-state index is 0. The monoisotopic (exact) mass is 558 g/mol. The number of ether oxygens (including phenoxy) is 2. The van der Waals surface area contributed by atoms with Crippen molar-refractivity contribution in [3.63, 3.8) is 0 Å². The molecule has 0 bridgehead atoms. The first-order chi connectivity index (χ1) is 14.6. The molecular weight excluding hydrogens is 523 g/mol. The molecule has 3 rings (SSSR count). The Bertz CT molecular complexity index is 808. The summed E-state index contributed by atoms with van der Waals surface area (Å²) in [7, 11) is 7.26. The summed E-state index contributed by atoms with van der Waals surface area (Å²) in [6.07, 6.45) is 2.46. The van der Waals surface area contributed by atoms with Crippen molar-refractivity contribution in [1.29, 1.82) is 0 Å². The number of thiophene rings is 1. The zero-order valence-corrected chi connectivity index (χ0v) is 22.1. The lowest BCUT2D eigenvalue weighted by Gasteiger charge is -2.32. The van der Waals surface area contributed by atoms with Crippen LogP contribution in [0.15, 0.2) is 40.7 Å². The number of nitrogens with one attached hydrogen (secondary N) is 1. The van der Waals surface area contributed by atoms with Crippen LogP contribution < -0.4 is 14.8 Å². The lowest BCUT2D eigenvalue weighted by molar-refractivity contribution is 0.179. The van der Waals surface area contributed by atoms with Crippen LogP contribution >= 0.6 is 35.3 Å². The van der Waals surface area contributed by atoms with Gasteiger partial charge < -0.3 is 19.7 Å². The van der Waals surface area contributed by atoms with Crippen molar-refractivity contribution in [2.45, 2.75) is 25.9 Å². The van der Waals surface area contributed by atoms with Crippen LogP contribution in [0.1, 0.15) is 23.3 Å². The Hall–Kier alpha value is -1.52. The Kier molecular flexibility index (Phi) is 10.9. The zero-order valence-electron chi connectivity index (χ0n) is 19.0. The second kappa shape index (κ2) is 13.1.